The van der Waals surface area contributed by atoms with Gasteiger partial charge in [-0.1, -0.05) is 6.92 Å². The summed E-state index contributed by atoms with van der Waals surface area (Å²) >= 11 is 1.94. The molecule has 102 valence electrons. The maximum absolute atomic E-state index is 5.45. The molecule has 2 nitrogen and oxygen atoms in total. The van der Waals surface area contributed by atoms with Gasteiger partial charge in [0, 0.05) is 29.0 Å². The van der Waals surface area contributed by atoms with E-state index in [1.54, 1.807) is 0 Å². The molecular formula is C15H25NOS. The second-order valence-electron chi connectivity index (χ2n) is 5.25. The predicted octanol–water partition coefficient (Wildman–Crippen LogP) is 3.91. The van der Waals surface area contributed by atoms with E-state index >= 15 is 0 Å². The van der Waals surface area contributed by atoms with Gasteiger partial charge < -0.3 is 10.1 Å². The van der Waals surface area contributed by atoms with Crippen molar-refractivity contribution in [3.05, 3.63) is 21.9 Å². The average Bonchev–Trinajstić information content (AvgIpc) is 2.82. The first kappa shape index (κ1) is 14.0. The minimum Gasteiger partial charge on any atom is -0.381 e. The van der Waals surface area contributed by atoms with Crippen molar-refractivity contribution in [1.82, 2.24) is 5.32 Å². The molecule has 1 aromatic heterocycles. The van der Waals surface area contributed by atoms with Crippen LogP contribution in [-0.2, 0) is 4.74 Å². The smallest absolute Gasteiger partial charge is 0.0468 e. The van der Waals surface area contributed by atoms with Gasteiger partial charge in [0.15, 0.2) is 0 Å². The van der Waals surface area contributed by atoms with E-state index in [4.69, 9.17) is 4.74 Å². The van der Waals surface area contributed by atoms with E-state index in [1.807, 2.05) is 11.3 Å². The number of hydrogen-bond donors (Lipinski definition) is 1. The summed E-state index contributed by atoms with van der Waals surface area (Å²) in [4.78, 5) is 2.92. The largest absolute Gasteiger partial charge is 0.381 e. The average molecular weight is 267 g/mol. The molecule has 1 atom stereocenters. The van der Waals surface area contributed by atoms with Crippen LogP contribution in [0.1, 0.15) is 48.4 Å². The predicted molar refractivity (Wildman–Crippen MR) is 78.3 cm³/mol. The molecule has 18 heavy (non-hydrogen) atoms. The number of thiophene rings is 1. The number of ether oxygens (including phenoxy) is 1. The molecule has 1 aliphatic heterocycles. The molecule has 2 rings (SSSR count). The Kier molecular flexibility index (Phi) is 5.67. The van der Waals surface area contributed by atoms with Crippen molar-refractivity contribution in [3.8, 4) is 0 Å². The van der Waals surface area contributed by atoms with E-state index < -0.39 is 0 Å². The van der Waals surface area contributed by atoms with E-state index in [1.165, 1.54) is 35.4 Å². The first-order chi connectivity index (χ1) is 8.79. The molecule has 1 fully saturated rings. The van der Waals surface area contributed by atoms with E-state index in [2.05, 4.69) is 31.3 Å². The van der Waals surface area contributed by atoms with Crippen LogP contribution < -0.4 is 5.32 Å². The summed E-state index contributed by atoms with van der Waals surface area (Å²) in [5.74, 6) is 0.829. The summed E-state index contributed by atoms with van der Waals surface area (Å²) in [5, 5.41) is 3.72. The zero-order valence-corrected chi connectivity index (χ0v) is 12.4. The highest BCUT2D eigenvalue weighted by Crippen LogP contribution is 2.31. The lowest BCUT2D eigenvalue weighted by molar-refractivity contribution is 0.0606. The third-order valence-electron chi connectivity index (χ3n) is 3.66. The Balaban J connectivity index is 1.95. The first-order valence-corrected chi connectivity index (χ1v) is 7.98. The number of hydrogen-bond acceptors (Lipinski definition) is 3. The Morgan fingerprint density at radius 1 is 1.39 bits per heavy atom. The van der Waals surface area contributed by atoms with E-state index in [0.717, 1.165) is 25.7 Å². The summed E-state index contributed by atoms with van der Waals surface area (Å²) < 4.78 is 5.45. The van der Waals surface area contributed by atoms with Gasteiger partial charge >= 0.3 is 0 Å². The van der Waals surface area contributed by atoms with Crippen LogP contribution in [0.4, 0.5) is 0 Å². The van der Waals surface area contributed by atoms with Crippen LogP contribution in [0.25, 0.3) is 0 Å². The van der Waals surface area contributed by atoms with Crippen molar-refractivity contribution in [2.45, 2.75) is 45.6 Å². The van der Waals surface area contributed by atoms with Gasteiger partial charge in [-0.15, -0.1) is 11.3 Å². The second kappa shape index (κ2) is 7.27. The maximum Gasteiger partial charge on any atom is 0.0468 e. The van der Waals surface area contributed by atoms with E-state index in [9.17, 15) is 0 Å². The molecule has 0 amide bonds. The molecule has 0 aliphatic carbocycles. The van der Waals surface area contributed by atoms with E-state index in [0.29, 0.717) is 6.04 Å². The Morgan fingerprint density at radius 2 is 2.17 bits per heavy atom. The Hall–Kier alpha value is -0.380. The van der Waals surface area contributed by atoms with Gasteiger partial charge in [-0.25, -0.2) is 0 Å². The first-order valence-electron chi connectivity index (χ1n) is 7.17. The zero-order chi connectivity index (χ0) is 12.8. The van der Waals surface area contributed by atoms with Gasteiger partial charge in [0.2, 0.25) is 0 Å². The fourth-order valence-electron chi connectivity index (χ4n) is 2.57. The standard InChI is InChI=1S/C15H25NOS/c1-3-8-16-14(15-5-4-12(2)18-15)11-13-6-9-17-10-7-13/h4-5,13-14,16H,3,6-11H2,1-2H3. The van der Waals surface area contributed by atoms with Crippen molar-refractivity contribution < 1.29 is 4.74 Å². The molecular weight excluding hydrogens is 242 g/mol. The maximum atomic E-state index is 5.45. The monoisotopic (exact) mass is 267 g/mol. The molecule has 2 heterocycles. The summed E-state index contributed by atoms with van der Waals surface area (Å²) in [6, 6.07) is 5.09. The van der Waals surface area contributed by atoms with Crippen LogP contribution in [-0.4, -0.2) is 19.8 Å². The fraction of sp³-hybridized carbons (Fsp3) is 0.733. The normalized spacial score (nSPS) is 19.0. The third kappa shape index (κ3) is 4.08. The van der Waals surface area contributed by atoms with E-state index in [-0.39, 0.29) is 0 Å². The molecule has 0 spiro atoms. The van der Waals surface area contributed by atoms with Crippen LogP contribution in [0.2, 0.25) is 0 Å². The topological polar surface area (TPSA) is 21.3 Å². The molecule has 0 saturated carbocycles. The highest BCUT2D eigenvalue weighted by molar-refractivity contribution is 7.12. The van der Waals surface area contributed by atoms with Crippen molar-refractivity contribution >= 4 is 11.3 Å². The SMILES string of the molecule is CCCNC(CC1CCOCC1)c1ccc(C)s1. The minimum atomic E-state index is 0.548. The molecule has 1 N–H and O–H groups in total. The van der Waals surface area contributed by atoms with Gasteiger partial charge in [-0.05, 0) is 57.2 Å². The van der Waals surface area contributed by atoms with Crippen molar-refractivity contribution in [3.63, 3.8) is 0 Å². The summed E-state index contributed by atoms with van der Waals surface area (Å²) in [6.07, 6.45) is 4.93. The van der Waals surface area contributed by atoms with Gasteiger partial charge in [0.25, 0.3) is 0 Å². The lowest BCUT2D eigenvalue weighted by atomic mass is 9.92. The minimum absolute atomic E-state index is 0.548. The molecule has 3 heteroatoms. The summed E-state index contributed by atoms with van der Waals surface area (Å²) in [6.45, 7) is 7.45. The quantitative estimate of drug-likeness (QED) is 0.843. The molecule has 1 aromatic rings. The lowest BCUT2D eigenvalue weighted by Crippen LogP contribution is -2.26. The van der Waals surface area contributed by atoms with Gasteiger partial charge in [-0.2, -0.15) is 0 Å². The summed E-state index contributed by atoms with van der Waals surface area (Å²) in [5.41, 5.74) is 0. The molecule has 1 saturated heterocycles. The van der Waals surface area contributed by atoms with Crippen LogP contribution in [0.5, 0.6) is 0 Å². The molecule has 0 radical (unpaired) electrons. The van der Waals surface area contributed by atoms with Gasteiger partial charge in [-0.3, -0.25) is 0 Å². The van der Waals surface area contributed by atoms with Crippen molar-refractivity contribution in [2.75, 3.05) is 19.8 Å². The number of rotatable bonds is 6. The Bertz CT molecular complexity index is 344. The zero-order valence-electron chi connectivity index (χ0n) is 11.6. The fourth-order valence-corrected chi connectivity index (χ4v) is 3.54. The molecule has 1 unspecified atom stereocenters. The van der Waals surface area contributed by atoms with Gasteiger partial charge in [0.05, 0.1) is 0 Å². The molecule has 1 aliphatic rings. The highest BCUT2D eigenvalue weighted by atomic mass is 32.1. The lowest BCUT2D eigenvalue weighted by Gasteiger charge is -2.27. The van der Waals surface area contributed by atoms with Crippen LogP contribution in [0, 0.1) is 12.8 Å². The molecule has 0 aromatic carbocycles. The number of aryl methyl sites for hydroxylation is 1. The van der Waals surface area contributed by atoms with Crippen LogP contribution >= 0.6 is 11.3 Å². The summed E-state index contributed by atoms with van der Waals surface area (Å²) in [7, 11) is 0. The Labute approximate surface area is 115 Å². The highest BCUT2D eigenvalue weighted by Gasteiger charge is 2.21. The van der Waals surface area contributed by atoms with Crippen molar-refractivity contribution in [2.24, 2.45) is 5.92 Å². The second-order valence-corrected chi connectivity index (χ2v) is 6.57. The van der Waals surface area contributed by atoms with Crippen LogP contribution in [0.3, 0.4) is 0 Å². The van der Waals surface area contributed by atoms with Crippen molar-refractivity contribution in [1.29, 1.82) is 0 Å². The molecule has 0 bridgehead atoms. The third-order valence-corrected chi connectivity index (χ3v) is 4.77. The van der Waals surface area contributed by atoms with Crippen LogP contribution in [0.15, 0.2) is 12.1 Å². The van der Waals surface area contributed by atoms with Gasteiger partial charge in [0.1, 0.15) is 0 Å². The Morgan fingerprint density at radius 3 is 2.78 bits per heavy atom. The number of nitrogens with one attached hydrogen (secondary N) is 1.